The summed E-state index contributed by atoms with van der Waals surface area (Å²) in [4.78, 5) is 53.1. The zero-order valence-electron chi connectivity index (χ0n) is 28.6. The Morgan fingerprint density at radius 3 is 2.09 bits per heavy atom. The Hall–Kier alpha value is -2.76. The topological polar surface area (TPSA) is 158 Å². The average molecular weight is 657 g/mol. The number of ether oxygens (including phenoxy) is 5. The number of carbonyl (C=O) groups excluding carboxylic acids is 4. The molecule has 4 saturated carbocycles. The van der Waals surface area contributed by atoms with E-state index in [4.69, 9.17) is 23.7 Å². The van der Waals surface area contributed by atoms with Crippen LogP contribution in [0.4, 0.5) is 0 Å². The maximum absolute atomic E-state index is 14.8. The molecule has 7 aliphatic rings. The molecule has 7 rings (SSSR count). The van der Waals surface area contributed by atoms with E-state index in [0.29, 0.717) is 12.2 Å². The molecule has 2 aliphatic heterocycles. The minimum Gasteiger partial charge on any atom is -0.463 e. The first kappa shape index (κ1) is 32.8. The summed E-state index contributed by atoms with van der Waals surface area (Å²) in [5.74, 6) is -5.42. The van der Waals surface area contributed by atoms with Crippen LogP contribution in [-0.4, -0.2) is 76.1 Å². The van der Waals surface area contributed by atoms with E-state index >= 15 is 0 Å². The van der Waals surface area contributed by atoms with Crippen molar-refractivity contribution >= 4 is 23.7 Å². The standard InChI is InChI=1S/C36H48O11/c1-13-11-21-35(9,36(10,42)15(3)43-21)26-23(13)34(8)25(28(26)41)22-24(14(2)31(34)45-17(5)38)33(7)19(27(40)30(22)44-16(4)37)12-20-29(47-20)32(33)46-18(6)39/h11,13-14,19-20,22-26,28-32,41-42H,3,12H2,1-2,4-10H3/t13-,14+,19-,20+,22-,23+,24?,25-,26+,28-,29+,30-,31+,32+,33+,34-,35+,36-/m1/s1. The third kappa shape index (κ3) is 3.85. The van der Waals surface area contributed by atoms with Gasteiger partial charge in [-0.25, -0.2) is 0 Å². The van der Waals surface area contributed by atoms with E-state index in [-0.39, 0.29) is 29.5 Å². The molecular weight excluding hydrogens is 608 g/mol. The molecule has 2 N–H and O–H groups in total. The van der Waals surface area contributed by atoms with Gasteiger partial charge in [0.1, 0.15) is 35.4 Å². The van der Waals surface area contributed by atoms with Gasteiger partial charge in [-0.05, 0) is 50.0 Å². The van der Waals surface area contributed by atoms with Crippen LogP contribution in [0.3, 0.4) is 0 Å². The van der Waals surface area contributed by atoms with Crippen molar-refractivity contribution in [3.63, 3.8) is 0 Å². The summed E-state index contributed by atoms with van der Waals surface area (Å²) in [6.07, 6.45) is -2.18. The van der Waals surface area contributed by atoms with Gasteiger partial charge in [0.2, 0.25) is 0 Å². The van der Waals surface area contributed by atoms with Crippen molar-refractivity contribution in [2.75, 3.05) is 0 Å². The number of Topliss-reactive ketones (excluding diaryl/α,β-unsaturated/α-hetero) is 1. The third-order valence-corrected chi connectivity index (χ3v) is 14.3. The number of allylic oxidation sites excluding steroid dienone is 1. The zero-order valence-corrected chi connectivity index (χ0v) is 28.6. The fraction of sp³-hybridized carbons (Fsp3) is 0.778. The van der Waals surface area contributed by atoms with Crippen LogP contribution in [0, 0.1) is 63.6 Å². The second-order valence-electron chi connectivity index (χ2n) is 16.4. The van der Waals surface area contributed by atoms with Gasteiger partial charge in [-0.15, -0.1) is 0 Å². The highest BCUT2D eigenvalue weighted by Gasteiger charge is 2.82. The predicted octanol–water partition coefficient (Wildman–Crippen LogP) is 3.10. The molecule has 0 spiro atoms. The Kier molecular flexibility index (Phi) is 6.91. The summed E-state index contributed by atoms with van der Waals surface area (Å²) in [6.45, 7) is 19.5. The quantitative estimate of drug-likeness (QED) is 0.261. The largest absolute Gasteiger partial charge is 0.463 e. The van der Waals surface area contributed by atoms with E-state index in [1.165, 1.54) is 20.8 Å². The van der Waals surface area contributed by atoms with Gasteiger partial charge in [0.05, 0.1) is 17.6 Å². The Bertz CT molecular complexity index is 1500. The summed E-state index contributed by atoms with van der Waals surface area (Å²) in [7, 11) is 0. The second-order valence-corrected chi connectivity index (χ2v) is 16.4. The monoisotopic (exact) mass is 656 g/mol. The van der Waals surface area contributed by atoms with Gasteiger partial charge >= 0.3 is 17.9 Å². The van der Waals surface area contributed by atoms with Crippen LogP contribution < -0.4 is 0 Å². The maximum Gasteiger partial charge on any atom is 0.303 e. The molecule has 1 unspecified atom stereocenters. The lowest BCUT2D eigenvalue weighted by Crippen LogP contribution is -2.72. The SMILES string of the molecule is C=C1OC2=C[C@@H](C)[C@H]3[C@@H]([C@H](O)[C@H]4[C@H]5C([C@H](C)[C@H](OC(C)=O)[C@]34C)[C@]3(C)[C@H](C[C@@H]4O[C@@H]4[C@@H]3OC(C)=O)C(=O)[C@@H]5OC(C)=O)[C@@]2(C)[C@]1(C)O. The highest BCUT2D eigenvalue weighted by Crippen LogP contribution is 2.76. The third-order valence-electron chi connectivity index (χ3n) is 14.3. The van der Waals surface area contributed by atoms with Gasteiger partial charge in [-0.1, -0.05) is 34.3 Å². The normalized spacial score (nSPS) is 55.1. The van der Waals surface area contributed by atoms with Crippen molar-refractivity contribution < 1.29 is 53.1 Å². The molecule has 47 heavy (non-hydrogen) atoms. The molecule has 6 fully saturated rings. The smallest absolute Gasteiger partial charge is 0.303 e. The summed E-state index contributed by atoms with van der Waals surface area (Å²) in [5, 5.41) is 24.9. The van der Waals surface area contributed by atoms with Crippen LogP contribution in [0.1, 0.15) is 68.7 Å². The van der Waals surface area contributed by atoms with E-state index in [1.807, 2.05) is 40.7 Å². The van der Waals surface area contributed by atoms with E-state index in [1.54, 1.807) is 6.92 Å². The van der Waals surface area contributed by atoms with Crippen LogP contribution in [0.2, 0.25) is 0 Å². The van der Waals surface area contributed by atoms with Gasteiger partial charge in [-0.2, -0.15) is 0 Å². The lowest BCUT2D eigenvalue weighted by molar-refractivity contribution is -0.254. The Labute approximate surface area is 275 Å². The molecule has 258 valence electrons. The number of fused-ring (bicyclic) bond motifs is 10. The summed E-state index contributed by atoms with van der Waals surface area (Å²) in [6, 6.07) is 0. The molecule has 0 amide bonds. The number of esters is 3. The zero-order chi connectivity index (χ0) is 34.5. The molecule has 0 aromatic heterocycles. The van der Waals surface area contributed by atoms with Crippen LogP contribution in [0.15, 0.2) is 24.2 Å². The Balaban J connectivity index is 1.48. The van der Waals surface area contributed by atoms with Crippen LogP contribution in [0.5, 0.6) is 0 Å². The van der Waals surface area contributed by atoms with E-state index in [0.717, 1.165) is 0 Å². The molecule has 2 saturated heterocycles. The number of rotatable bonds is 3. The minimum atomic E-state index is -1.55. The van der Waals surface area contributed by atoms with E-state index in [2.05, 4.69) is 6.58 Å². The van der Waals surface area contributed by atoms with E-state index < -0.39 is 106 Å². The second kappa shape index (κ2) is 9.91. The molecule has 11 heteroatoms. The van der Waals surface area contributed by atoms with Crippen molar-refractivity contribution in [2.45, 2.75) is 111 Å². The number of hydrogen-bond acceptors (Lipinski definition) is 11. The first-order valence-corrected chi connectivity index (χ1v) is 17.0. The maximum atomic E-state index is 14.8. The Morgan fingerprint density at radius 1 is 0.894 bits per heavy atom. The molecule has 0 aromatic carbocycles. The number of aliphatic hydroxyl groups excluding tert-OH is 1. The molecule has 0 bridgehead atoms. The number of aliphatic hydroxyl groups is 2. The van der Waals surface area contributed by atoms with E-state index in [9.17, 15) is 29.4 Å². The first-order chi connectivity index (χ1) is 21.7. The summed E-state index contributed by atoms with van der Waals surface area (Å²) in [5.41, 5.74) is -4.61. The highest BCUT2D eigenvalue weighted by molar-refractivity contribution is 5.90. The lowest BCUT2D eigenvalue weighted by Gasteiger charge is -2.65. The van der Waals surface area contributed by atoms with Crippen LogP contribution in [0.25, 0.3) is 0 Å². The first-order valence-electron chi connectivity index (χ1n) is 17.0. The summed E-state index contributed by atoms with van der Waals surface area (Å²) < 4.78 is 30.5. The fourth-order valence-corrected chi connectivity index (χ4v) is 12.6. The fourth-order valence-electron chi connectivity index (χ4n) is 12.6. The Morgan fingerprint density at radius 2 is 1.49 bits per heavy atom. The average Bonchev–Trinajstić information content (AvgIpc) is 3.65. The number of epoxide rings is 1. The van der Waals surface area contributed by atoms with Crippen molar-refractivity contribution in [3.05, 3.63) is 24.2 Å². The molecule has 0 aromatic rings. The number of carbonyl (C=O) groups is 4. The molecular formula is C36H48O11. The van der Waals surface area contributed by atoms with Crippen LogP contribution in [-0.2, 0) is 42.9 Å². The van der Waals surface area contributed by atoms with Gasteiger partial charge < -0.3 is 33.9 Å². The lowest BCUT2D eigenvalue weighted by atomic mass is 9.39. The van der Waals surface area contributed by atoms with Gasteiger partial charge in [0, 0.05) is 55.3 Å². The van der Waals surface area contributed by atoms with Gasteiger partial charge in [-0.3, -0.25) is 19.2 Å². The van der Waals surface area contributed by atoms with Crippen molar-refractivity contribution in [2.24, 2.45) is 63.6 Å². The molecule has 11 nitrogen and oxygen atoms in total. The molecule has 5 aliphatic carbocycles. The van der Waals surface area contributed by atoms with Crippen molar-refractivity contribution in [3.8, 4) is 0 Å². The van der Waals surface area contributed by atoms with Crippen molar-refractivity contribution in [1.29, 1.82) is 0 Å². The number of hydrogen-bond donors (Lipinski definition) is 2. The van der Waals surface area contributed by atoms with Gasteiger partial charge in [0.25, 0.3) is 0 Å². The minimum absolute atomic E-state index is 0.181. The van der Waals surface area contributed by atoms with Crippen molar-refractivity contribution in [1.82, 2.24) is 0 Å². The van der Waals surface area contributed by atoms with Crippen LogP contribution >= 0.6 is 0 Å². The van der Waals surface area contributed by atoms with Gasteiger partial charge in [0.15, 0.2) is 11.9 Å². The molecule has 18 atom stereocenters. The molecule has 0 radical (unpaired) electrons. The molecule has 2 heterocycles. The predicted molar refractivity (Wildman–Crippen MR) is 163 cm³/mol. The summed E-state index contributed by atoms with van der Waals surface area (Å²) >= 11 is 0. The number of ketones is 1. The highest BCUT2D eigenvalue weighted by atomic mass is 16.6.